The van der Waals surface area contributed by atoms with Crippen molar-refractivity contribution in [3.8, 4) is 5.75 Å². The molecule has 1 aliphatic rings. The maximum Gasteiger partial charge on any atom is 0.295 e. The normalized spacial score (nSPS) is 18.7. The third-order valence-electron chi connectivity index (χ3n) is 4.68. The Morgan fingerprint density at radius 2 is 1.89 bits per heavy atom. The van der Waals surface area contributed by atoms with E-state index in [9.17, 15) is 19.8 Å². The molecule has 2 aromatic rings. The molecule has 7 heteroatoms. The van der Waals surface area contributed by atoms with E-state index in [0.717, 1.165) is 6.42 Å². The zero-order chi connectivity index (χ0) is 20.4. The van der Waals surface area contributed by atoms with Crippen LogP contribution in [0, 0.1) is 0 Å². The molecule has 0 saturated carbocycles. The smallest absolute Gasteiger partial charge is 0.295 e. The number of likely N-dealkylation sites (tertiary alicyclic amines) is 1. The molecule has 1 fully saturated rings. The van der Waals surface area contributed by atoms with Gasteiger partial charge in [-0.2, -0.15) is 0 Å². The topological polar surface area (TPSA) is 77.8 Å². The maximum atomic E-state index is 12.8. The number of rotatable bonds is 5. The van der Waals surface area contributed by atoms with Gasteiger partial charge in [-0.1, -0.05) is 54.7 Å². The number of unbranched alkanes of at least 4 members (excludes halogenated alkanes) is 1. The van der Waals surface area contributed by atoms with Crippen LogP contribution >= 0.6 is 23.2 Å². The minimum atomic E-state index is -0.802. The highest BCUT2D eigenvalue weighted by Crippen LogP contribution is 2.41. The summed E-state index contributed by atoms with van der Waals surface area (Å²) in [6.07, 6.45) is 1.53. The van der Waals surface area contributed by atoms with Crippen LogP contribution in [0.3, 0.4) is 0 Å². The Hall–Kier alpha value is -2.50. The number of hydrogen-bond acceptors (Lipinski definition) is 4. The zero-order valence-electron chi connectivity index (χ0n) is 15.2. The fraction of sp³-hybridized carbons (Fsp3) is 0.238. The van der Waals surface area contributed by atoms with Crippen molar-refractivity contribution in [3.05, 3.63) is 69.2 Å². The van der Waals surface area contributed by atoms with Crippen LogP contribution in [0.25, 0.3) is 5.76 Å². The number of Topliss-reactive ketones (excluding diaryl/α,β-unsaturated/α-hetero) is 1. The molecule has 1 heterocycles. The van der Waals surface area contributed by atoms with Crippen LogP contribution in [0.5, 0.6) is 5.75 Å². The number of aromatic hydroxyl groups is 1. The van der Waals surface area contributed by atoms with E-state index in [1.54, 1.807) is 24.3 Å². The van der Waals surface area contributed by atoms with Crippen molar-refractivity contribution in [2.45, 2.75) is 25.8 Å². The molecule has 0 aliphatic carbocycles. The summed E-state index contributed by atoms with van der Waals surface area (Å²) in [6.45, 7) is 2.34. The zero-order valence-corrected chi connectivity index (χ0v) is 16.7. The molecule has 0 spiro atoms. The van der Waals surface area contributed by atoms with Crippen molar-refractivity contribution >= 4 is 40.7 Å². The second kappa shape index (κ2) is 8.25. The Bertz CT molecular complexity index is 971. The summed E-state index contributed by atoms with van der Waals surface area (Å²) < 4.78 is 0. The molecule has 2 N–H and O–H groups in total. The van der Waals surface area contributed by atoms with Gasteiger partial charge in [-0.3, -0.25) is 9.59 Å². The minimum absolute atomic E-state index is 0.0230. The Labute approximate surface area is 172 Å². The molecule has 1 amide bonds. The number of aliphatic hydroxyl groups is 1. The summed E-state index contributed by atoms with van der Waals surface area (Å²) in [5.41, 5.74) is 0.850. The van der Waals surface area contributed by atoms with Crippen molar-refractivity contribution in [1.82, 2.24) is 4.90 Å². The first-order valence-electron chi connectivity index (χ1n) is 8.88. The van der Waals surface area contributed by atoms with Crippen LogP contribution in [0.2, 0.25) is 10.0 Å². The van der Waals surface area contributed by atoms with E-state index in [0.29, 0.717) is 29.1 Å². The van der Waals surface area contributed by atoms with Gasteiger partial charge in [0.15, 0.2) is 0 Å². The highest BCUT2D eigenvalue weighted by molar-refractivity contribution is 6.46. The molecular weight excluding hydrogens is 401 g/mol. The van der Waals surface area contributed by atoms with Gasteiger partial charge in [0.25, 0.3) is 11.7 Å². The Balaban J connectivity index is 2.19. The molecule has 146 valence electrons. The summed E-state index contributed by atoms with van der Waals surface area (Å²) >= 11 is 12.1. The first kappa shape index (κ1) is 20.2. The van der Waals surface area contributed by atoms with Gasteiger partial charge >= 0.3 is 0 Å². The Kier molecular flexibility index (Phi) is 5.96. The first-order valence-corrected chi connectivity index (χ1v) is 9.63. The summed E-state index contributed by atoms with van der Waals surface area (Å²) in [6, 6.07) is 10.1. The van der Waals surface area contributed by atoms with Gasteiger partial charge in [0.1, 0.15) is 11.5 Å². The van der Waals surface area contributed by atoms with Crippen LogP contribution in [-0.2, 0) is 9.59 Å². The number of aliphatic hydroxyl groups excluding tert-OH is 1. The number of ketones is 1. The van der Waals surface area contributed by atoms with Crippen molar-refractivity contribution in [2.75, 3.05) is 6.54 Å². The third-order valence-corrected chi connectivity index (χ3v) is 5.22. The minimum Gasteiger partial charge on any atom is -0.507 e. The number of carbonyl (C=O) groups is 2. The molecule has 5 nitrogen and oxygen atoms in total. The van der Waals surface area contributed by atoms with Gasteiger partial charge in [-0.05, 0) is 36.2 Å². The van der Waals surface area contributed by atoms with Gasteiger partial charge in [-0.15, -0.1) is 0 Å². The fourth-order valence-electron chi connectivity index (χ4n) is 3.27. The Morgan fingerprint density at radius 1 is 1.14 bits per heavy atom. The summed E-state index contributed by atoms with van der Waals surface area (Å²) in [7, 11) is 0. The molecule has 1 saturated heterocycles. The lowest BCUT2D eigenvalue weighted by molar-refractivity contribution is -0.139. The van der Waals surface area contributed by atoms with Crippen molar-refractivity contribution in [2.24, 2.45) is 0 Å². The number of halogens is 2. The van der Waals surface area contributed by atoms with Gasteiger partial charge < -0.3 is 15.1 Å². The van der Waals surface area contributed by atoms with E-state index in [4.69, 9.17) is 23.2 Å². The Morgan fingerprint density at radius 3 is 2.54 bits per heavy atom. The second-order valence-electron chi connectivity index (χ2n) is 6.57. The molecular formula is C21H19Cl2NO4. The van der Waals surface area contributed by atoms with Gasteiger partial charge in [0.05, 0.1) is 16.6 Å². The monoisotopic (exact) mass is 419 g/mol. The van der Waals surface area contributed by atoms with Crippen molar-refractivity contribution in [3.63, 3.8) is 0 Å². The standard InChI is InChI=1S/C21H19Cl2NO4/c1-2-3-9-24-18(12-7-8-16(25)15(23)11-12)17(20(27)21(24)28)19(26)13-5-4-6-14(22)10-13/h4-8,10-11,18,25-26H,2-3,9H2,1H3/b19-17-. The molecule has 0 radical (unpaired) electrons. The lowest BCUT2D eigenvalue weighted by Gasteiger charge is -2.25. The van der Waals surface area contributed by atoms with Crippen LogP contribution in [0.4, 0.5) is 0 Å². The van der Waals surface area contributed by atoms with Gasteiger partial charge in [-0.25, -0.2) is 0 Å². The number of phenolic OH excluding ortho intramolecular Hbond substituents is 1. The van der Waals surface area contributed by atoms with E-state index in [-0.39, 0.29) is 22.1 Å². The fourth-order valence-corrected chi connectivity index (χ4v) is 3.65. The predicted octanol–water partition coefficient (Wildman–Crippen LogP) is 4.92. The predicted molar refractivity (Wildman–Crippen MR) is 108 cm³/mol. The molecule has 2 aromatic carbocycles. The van der Waals surface area contributed by atoms with E-state index < -0.39 is 17.7 Å². The third kappa shape index (κ3) is 3.73. The molecule has 1 atom stereocenters. The van der Waals surface area contributed by atoms with E-state index in [2.05, 4.69) is 0 Å². The lowest BCUT2D eigenvalue weighted by atomic mass is 9.95. The molecule has 1 aliphatic heterocycles. The summed E-state index contributed by atoms with van der Waals surface area (Å²) in [5, 5.41) is 21.1. The number of benzene rings is 2. The first-order chi connectivity index (χ1) is 13.3. The summed E-state index contributed by atoms with van der Waals surface area (Å²) in [4.78, 5) is 26.9. The van der Waals surface area contributed by atoms with Crippen LogP contribution < -0.4 is 0 Å². The van der Waals surface area contributed by atoms with E-state index in [1.807, 2.05) is 6.92 Å². The average Bonchev–Trinajstić information content (AvgIpc) is 2.92. The maximum absolute atomic E-state index is 12.8. The van der Waals surface area contributed by atoms with E-state index in [1.165, 1.54) is 23.1 Å². The van der Waals surface area contributed by atoms with Crippen LogP contribution in [0.1, 0.15) is 36.9 Å². The van der Waals surface area contributed by atoms with Crippen molar-refractivity contribution in [1.29, 1.82) is 0 Å². The molecule has 0 bridgehead atoms. The van der Waals surface area contributed by atoms with E-state index >= 15 is 0 Å². The molecule has 0 aromatic heterocycles. The number of amides is 1. The number of carbonyl (C=O) groups excluding carboxylic acids is 2. The van der Waals surface area contributed by atoms with Gasteiger partial charge in [0.2, 0.25) is 0 Å². The van der Waals surface area contributed by atoms with Gasteiger partial charge in [0, 0.05) is 17.1 Å². The highest BCUT2D eigenvalue weighted by Gasteiger charge is 2.45. The van der Waals surface area contributed by atoms with Crippen molar-refractivity contribution < 1.29 is 19.8 Å². The molecule has 28 heavy (non-hydrogen) atoms. The number of hydrogen-bond donors (Lipinski definition) is 2. The quantitative estimate of drug-likeness (QED) is 0.409. The number of phenols is 1. The largest absolute Gasteiger partial charge is 0.507 e. The molecule has 3 rings (SSSR count). The average molecular weight is 420 g/mol. The molecule has 1 unspecified atom stereocenters. The number of nitrogens with zero attached hydrogens (tertiary/aromatic N) is 1. The van der Waals surface area contributed by atoms with Crippen LogP contribution in [-0.4, -0.2) is 33.3 Å². The van der Waals surface area contributed by atoms with Crippen LogP contribution in [0.15, 0.2) is 48.0 Å². The summed E-state index contributed by atoms with van der Waals surface area (Å²) in [5.74, 6) is -1.84. The SMILES string of the molecule is CCCCN1C(=O)C(=O)/C(=C(\O)c2cccc(Cl)c2)C1c1ccc(O)c(Cl)c1. The lowest BCUT2D eigenvalue weighted by Crippen LogP contribution is -2.30. The highest BCUT2D eigenvalue weighted by atomic mass is 35.5. The second-order valence-corrected chi connectivity index (χ2v) is 7.41.